The van der Waals surface area contributed by atoms with Crippen LogP contribution in [0.25, 0.3) is 6.08 Å². The van der Waals surface area contributed by atoms with Gasteiger partial charge in [-0.25, -0.2) is 9.79 Å². The molecule has 0 aromatic heterocycles. The smallest absolute Gasteiger partial charge is 0.363 e. The summed E-state index contributed by atoms with van der Waals surface area (Å²) in [6.45, 7) is 2.25. The highest BCUT2D eigenvalue weighted by Crippen LogP contribution is 2.34. The van der Waals surface area contributed by atoms with Gasteiger partial charge >= 0.3 is 5.97 Å². The number of hydrogen-bond acceptors (Lipinski definition) is 3. The van der Waals surface area contributed by atoms with Gasteiger partial charge in [0.1, 0.15) is 0 Å². The van der Waals surface area contributed by atoms with Crippen molar-refractivity contribution in [2.45, 2.75) is 45.4 Å². The molecule has 116 valence electrons. The summed E-state index contributed by atoms with van der Waals surface area (Å²) in [6, 6.07) is 9.78. The predicted octanol–water partition coefficient (Wildman–Crippen LogP) is 4.59. The molecule has 1 aromatic carbocycles. The molecule has 0 saturated heterocycles. The Kier molecular flexibility index (Phi) is 4.71. The maximum absolute atomic E-state index is 12.0. The van der Waals surface area contributed by atoms with Gasteiger partial charge in [0, 0.05) is 5.92 Å². The molecule has 1 aromatic rings. The molecule has 0 unspecified atom stereocenters. The molecule has 1 saturated carbocycles. The fraction of sp³-hybridized carbons (Fsp3) is 0.474. The molecule has 0 bridgehead atoms. The zero-order valence-electron chi connectivity index (χ0n) is 13.1. The summed E-state index contributed by atoms with van der Waals surface area (Å²) in [5.74, 6) is 1.49. The van der Waals surface area contributed by atoms with Gasteiger partial charge in [0.15, 0.2) is 5.70 Å². The molecule has 3 rings (SSSR count). The molecular formula is C19H23NO2. The van der Waals surface area contributed by atoms with E-state index in [9.17, 15) is 4.79 Å². The van der Waals surface area contributed by atoms with Crippen LogP contribution >= 0.6 is 0 Å². The van der Waals surface area contributed by atoms with Gasteiger partial charge in [-0.1, -0.05) is 50.1 Å². The second kappa shape index (κ2) is 6.91. The average Bonchev–Trinajstić information content (AvgIpc) is 2.90. The lowest BCUT2D eigenvalue weighted by Crippen LogP contribution is -2.22. The maximum Gasteiger partial charge on any atom is 0.363 e. The minimum atomic E-state index is -0.311. The van der Waals surface area contributed by atoms with E-state index in [0.29, 0.717) is 17.5 Å². The first-order valence-electron chi connectivity index (χ1n) is 8.33. The Morgan fingerprint density at radius 2 is 1.91 bits per heavy atom. The third kappa shape index (κ3) is 3.46. The highest BCUT2D eigenvalue weighted by molar-refractivity contribution is 6.07. The third-order valence-electron chi connectivity index (χ3n) is 4.63. The molecule has 1 fully saturated rings. The van der Waals surface area contributed by atoms with Gasteiger partial charge in [0.25, 0.3) is 0 Å². The Bertz CT molecular complexity index is 581. The van der Waals surface area contributed by atoms with E-state index >= 15 is 0 Å². The summed E-state index contributed by atoms with van der Waals surface area (Å²) in [6.07, 6.45) is 9.02. The second-order valence-corrected chi connectivity index (χ2v) is 6.29. The number of benzene rings is 1. The van der Waals surface area contributed by atoms with Crippen LogP contribution in [0.1, 0.15) is 51.0 Å². The Labute approximate surface area is 132 Å². The van der Waals surface area contributed by atoms with Crippen LogP contribution in [0.3, 0.4) is 0 Å². The molecule has 1 aliphatic heterocycles. The molecule has 0 radical (unpaired) electrons. The van der Waals surface area contributed by atoms with Crippen molar-refractivity contribution >= 4 is 17.9 Å². The summed E-state index contributed by atoms with van der Waals surface area (Å²) >= 11 is 0. The number of carbonyl (C=O) groups excluding carboxylic acids is 1. The lowest BCUT2D eigenvalue weighted by molar-refractivity contribution is -0.130. The zero-order valence-corrected chi connectivity index (χ0v) is 13.1. The highest BCUT2D eigenvalue weighted by Gasteiger charge is 2.32. The molecule has 0 N–H and O–H groups in total. The van der Waals surface area contributed by atoms with E-state index in [1.807, 2.05) is 30.3 Å². The summed E-state index contributed by atoms with van der Waals surface area (Å²) in [5, 5.41) is 0. The lowest BCUT2D eigenvalue weighted by Gasteiger charge is -2.27. The van der Waals surface area contributed by atoms with Crippen LogP contribution in [0.15, 0.2) is 41.0 Å². The normalized spacial score (nSPS) is 26.9. The zero-order chi connectivity index (χ0) is 15.4. The minimum absolute atomic E-state index is 0.311. The first-order valence-corrected chi connectivity index (χ1v) is 8.33. The maximum atomic E-state index is 12.0. The molecule has 1 heterocycles. The number of rotatable bonds is 4. The van der Waals surface area contributed by atoms with Crippen molar-refractivity contribution in [2.24, 2.45) is 16.8 Å². The summed E-state index contributed by atoms with van der Waals surface area (Å²) in [4.78, 5) is 16.5. The van der Waals surface area contributed by atoms with Crippen molar-refractivity contribution in [3.05, 3.63) is 41.6 Å². The number of nitrogens with zero attached hydrogens (tertiary/aromatic N) is 1. The van der Waals surface area contributed by atoms with Crippen molar-refractivity contribution in [3.63, 3.8) is 0 Å². The summed E-state index contributed by atoms with van der Waals surface area (Å²) in [7, 11) is 0. The van der Waals surface area contributed by atoms with Crippen LogP contribution in [-0.4, -0.2) is 11.9 Å². The van der Waals surface area contributed by atoms with Crippen molar-refractivity contribution < 1.29 is 9.53 Å². The Balaban J connectivity index is 1.67. The Morgan fingerprint density at radius 3 is 2.59 bits per heavy atom. The number of cyclic esters (lactones) is 1. The van der Waals surface area contributed by atoms with Crippen molar-refractivity contribution in [3.8, 4) is 0 Å². The first kappa shape index (κ1) is 15.0. The van der Waals surface area contributed by atoms with Gasteiger partial charge in [-0.3, -0.25) is 0 Å². The topological polar surface area (TPSA) is 38.7 Å². The molecule has 22 heavy (non-hydrogen) atoms. The van der Waals surface area contributed by atoms with E-state index in [1.54, 1.807) is 6.08 Å². The van der Waals surface area contributed by atoms with Crippen LogP contribution in [0.2, 0.25) is 0 Å². The van der Waals surface area contributed by atoms with Gasteiger partial charge in [-0.05, 0) is 43.2 Å². The highest BCUT2D eigenvalue weighted by atomic mass is 16.6. The van der Waals surface area contributed by atoms with E-state index < -0.39 is 0 Å². The quantitative estimate of drug-likeness (QED) is 0.602. The van der Waals surface area contributed by atoms with Gasteiger partial charge in [-0.2, -0.15) is 0 Å². The van der Waals surface area contributed by atoms with E-state index in [1.165, 1.54) is 25.7 Å². The SMILES string of the molecule is CCCC1CCC(C2=NC(=Cc3ccccc3)C(=O)O2)CC1. The largest absolute Gasteiger partial charge is 0.406 e. The summed E-state index contributed by atoms with van der Waals surface area (Å²) in [5.41, 5.74) is 1.41. The number of ether oxygens (including phenoxy) is 1. The number of aliphatic imine (C=N–C) groups is 1. The second-order valence-electron chi connectivity index (χ2n) is 6.29. The Morgan fingerprint density at radius 1 is 1.18 bits per heavy atom. The fourth-order valence-corrected chi connectivity index (χ4v) is 3.41. The number of esters is 1. The van der Waals surface area contributed by atoms with E-state index in [4.69, 9.17) is 4.74 Å². The van der Waals surface area contributed by atoms with Crippen molar-refractivity contribution in [1.82, 2.24) is 0 Å². The summed E-state index contributed by atoms with van der Waals surface area (Å²) < 4.78 is 5.42. The molecule has 3 heteroatoms. The molecule has 0 spiro atoms. The predicted molar refractivity (Wildman–Crippen MR) is 88.3 cm³/mol. The minimum Gasteiger partial charge on any atom is -0.406 e. The van der Waals surface area contributed by atoms with E-state index in [-0.39, 0.29) is 5.97 Å². The Hall–Kier alpha value is -1.90. The first-order chi connectivity index (χ1) is 10.8. The molecule has 0 atom stereocenters. The molecule has 0 amide bonds. The molecule has 3 nitrogen and oxygen atoms in total. The van der Waals surface area contributed by atoms with Gasteiger partial charge in [0.2, 0.25) is 5.90 Å². The van der Waals surface area contributed by atoms with Crippen molar-refractivity contribution in [1.29, 1.82) is 0 Å². The van der Waals surface area contributed by atoms with Crippen LogP contribution < -0.4 is 0 Å². The van der Waals surface area contributed by atoms with Crippen molar-refractivity contribution in [2.75, 3.05) is 0 Å². The molecule has 1 aliphatic carbocycles. The lowest BCUT2D eigenvalue weighted by atomic mass is 9.80. The molecule has 2 aliphatic rings. The molecular weight excluding hydrogens is 274 g/mol. The van der Waals surface area contributed by atoms with Gasteiger partial charge < -0.3 is 4.74 Å². The third-order valence-corrected chi connectivity index (χ3v) is 4.63. The number of carbonyl (C=O) groups is 1. The van der Waals surface area contributed by atoms with E-state index in [2.05, 4.69) is 11.9 Å². The monoisotopic (exact) mass is 297 g/mol. The van der Waals surface area contributed by atoms with Gasteiger partial charge in [-0.15, -0.1) is 0 Å². The van der Waals surface area contributed by atoms with Gasteiger partial charge in [0.05, 0.1) is 0 Å². The van der Waals surface area contributed by atoms with Crippen LogP contribution in [0.5, 0.6) is 0 Å². The average molecular weight is 297 g/mol. The standard InChI is InChI=1S/C19H23NO2/c1-2-6-14-9-11-16(12-10-14)18-20-17(19(21)22-18)13-15-7-4-3-5-8-15/h3-5,7-8,13-14,16H,2,6,9-12H2,1H3. The number of hydrogen-bond donors (Lipinski definition) is 0. The fourth-order valence-electron chi connectivity index (χ4n) is 3.41. The van der Waals surface area contributed by atoms with Crippen LogP contribution in [0.4, 0.5) is 0 Å². The van der Waals surface area contributed by atoms with E-state index in [0.717, 1.165) is 24.3 Å². The van der Waals surface area contributed by atoms with Crippen LogP contribution in [0, 0.1) is 11.8 Å². The van der Waals surface area contributed by atoms with Crippen LogP contribution in [-0.2, 0) is 9.53 Å².